The molecule has 2 N–H and O–H groups in total. The Labute approximate surface area is 159 Å². The Morgan fingerprint density at radius 1 is 0.889 bits per heavy atom. The zero-order valence-corrected chi connectivity index (χ0v) is 15.7. The maximum absolute atomic E-state index is 12.4. The Bertz CT molecular complexity index is 1030. The van der Waals surface area contributed by atoms with Crippen molar-refractivity contribution in [1.82, 2.24) is 4.72 Å². The van der Waals surface area contributed by atoms with Gasteiger partial charge in [-0.3, -0.25) is 4.79 Å². The topological polar surface area (TPSA) is 75.3 Å². The zero-order chi connectivity index (χ0) is 19.3. The molecule has 0 heterocycles. The van der Waals surface area contributed by atoms with E-state index in [-0.39, 0.29) is 17.3 Å². The number of aryl methyl sites for hydroxylation is 1. The zero-order valence-electron chi connectivity index (χ0n) is 14.8. The van der Waals surface area contributed by atoms with Crippen LogP contribution in [0, 0.1) is 6.92 Å². The summed E-state index contributed by atoms with van der Waals surface area (Å²) in [6.45, 7) is 2.15. The fourth-order valence-electron chi connectivity index (χ4n) is 2.57. The van der Waals surface area contributed by atoms with Crippen molar-refractivity contribution in [3.63, 3.8) is 0 Å². The van der Waals surface area contributed by atoms with E-state index < -0.39 is 10.0 Å². The number of hydrogen-bond acceptors (Lipinski definition) is 3. The number of nitrogens with one attached hydrogen (secondary N) is 2. The summed E-state index contributed by atoms with van der Waals surface area (Å²) in [7, 11) is -3.65. The van der Waals surface area contributed by atoms with Crippen molar-refractivity contribution in [2.75, 3.05) is 5.32 Å². The predicted molar refractivity (Wildman–Crippen MR) is 106 cm³/mol. The number of carbonyl (C=O) groups is 1. The van der Waals surface area contributed by atoms with Gasteiger partial charge in [0.05, 0.1) is 4.90 Å². The van der Waals surface area contributed by atoms with Gasteiger partial charge in [0.1, 0.15) is 0 Å². The predicted octanol–water partition coefficient (Wildman–Crippen LogP) is 3.73. The van der Waals surface area contributed by atoms with E-state index >= 15 is 0 Å². The van der Waals surface area contributed by atoms with E-state index in [2.05, 4.69) is 10.0 Å². The molecule has 0 spiro atoms. The Morgan fingerprint density at radius 3 is 2.26 bits per heavy atom. The summed E-state index contributed by atoms with van der Waals surface area (Å²) < 4.78 is 27.4. The van der Waals surface area contributed by atoms with E-state index in [0.717, 1.165) is 11.1 Å². The van der Waals surface area contributed by atoms with Gasteiger partial charge < -0.3 is 5.32 Å². The summed E-state index contributed by atoms with van der Waals surface area (Å²) in [4.78, 5) is 12.4. The van der Waals surface area contributed by atoms with Gasteiger partial charge in [0.2, 0.25) is 10.0 Å². The van der Waals surface area contributed by atoms with E-state index in [0.29, 0.717) is 11.3 Å². The summed E-state index contributed by atoms with van der Waals surface area (Å²) >= 11 is 0. The number of anilines is 1. The van der Waals surface area contributed by atoms with E-state index in [9.17, 15) is 13.2 Å². The SMILES string of the molecule is Cc1cccc(NC(=O)c2ccc(S(=O)(=O)NCc3ccccc3)cc2)c1. The standard InChI is InChI=1S/C21H20N2O3S/c1-16-6-5-9-19(14-16)23-21(24)18-10-12-20(13-11-18)27(25,26)22-15-17-7-3-2-4-8-17/h2-14,22H,15H2,1H3,(H,23,24). The van der Waals surface area contributed by atoms with Crippen molar-refractivity contribution in [2.24, 2.45) is 0 Å². The first-order chi connectivity index (χ1) is 12.9. The van der Waals surface area contributed by atoms with Gasteiger partial charge in [-0.1, -0.05) is 42.5 Å². The van der Waals surface area contributed by atoms with Gasteiger partial charge in [-0.2, -0.15) is 0 Å². The smallest absolute Gasteiger partial charge is 0.255 e. The van der Waals surface area contributed by atoms with Crippen LogP contribution in [-0.2, 0) is 16.6 Å². The molecule has 27 heavy (non-hydrogen) atoms. The van der Waals surface area contributed by atoms with E-state index in [4.69, 9.17) is 0 Å². The molecule has 0 atom stereocenters. The van der Waals surface area contributed by atoms with Gasteiger partial charge >= 0.3 is 0 Å². The Morgan fingerprint density at radius 2 is 1.59 bits per heavy atom. The van der Waals surface area contributed by atoms with Gasteiger partial charge in [0.15, 0.2) is 0 Å². The number of hydrogen-bond donors (Lipinski definition) is 2. The van der Waals surface area contributed by atoms with Crippen LogP contribution in [0.25, 0.3) is 0 Å². The van der Waals surface area contributed by atoms with Crippen LogP contribution in [0.2, 0.25) is 0 Å². The van der Waals surface area contributed by atoms with E-state index in [1.807, 2.05) is 55.5 Å². The van der Waals surface area contributed by atoms with Gasteiger partial charge in [-0.05, 0) is 54.4 Å². The molecular formula is C21H20N2O3S. The lowest BCUT2D eigenvalue weighted by Gasteiger charge is -2.09. The first-order valence-electron chi connectivity index (χ1n) is 8.46. The van der Waals surface area contributed by atoms with Crippen LogP contribution < -0.4 is 10.0 Å². The first-order valence-corrected chi connectivity index (χ1v) is 9.94. The lowest BCUT2D eigenvalue weighted by atomic mass is 10.2. The highest BCUT2D eigenvalue weighted by molar-refractivity contribution is 7.89. The highest BCUT2D eigenvalue weighted by Crippen LogP contribution is 2.14. The molecule has 5 nitrogen and oxygen atoms in total. The number of benzene rings is 3. The largest absolute Gasteiger partial charge is 0.322 e. The minimum absolute atomic E-state index is 0.116. The molecule has 0 aliphatic carbocycles. The molecule has 6 heteroatoms. The molecule has 3 rings (SSSR count). The van der Waals surface area contributed by atoms with Crippen molar-refractivity contribution in [3.8, 4) is 0 Å². The molecule has 0 aliphatic rings. The number of amides is 1. The van der Waals surface area contributed by atoms with Crippen molar-refractivity contribution < 1.29 is 13.2 Å². The lowest BCUT2D eigenvalue weighted by Crippen LogP contribution is -2.23. The Hall–Kier alpha value is -2.96. The van der Waals surface area contributed by atoms with Crippen LogP contribution in [0.4, 0.5) is 5.69 Å². The summed E-state index contributed by atoms with van der Waals surface area (Å²) in [6, 6.07) is 22.6. The molecule has 0 fully saturated rings. The molecule has 0 saturated heterocycles. The number of sulfonamides is 1. The third kappa shape index (κ3) is 5.03. The van der Waals surface area contributed by atoms with Gasteiger partial charge in [-0.15, -0.1) is 0 Å². The highest BCUT2D eigenvalue weighted by atomic mass is 32.2. The Balaban J connectivity index is 1.67. The van der Waals surface area contributed by atoms with Crippen molar-refractivity contribution >= 4 is 21.6 Å². The summed E-state index contributed by atoms with van der Waals surface area (Å²) in [5, 5.41) is 2.80. The maximum atomic E-state index is 12.4. The third-order valence-corrected chi connectivity index (χ3v) is 5.43. The highest BCUT2D eigenvalue weighted by Gasteiger charge is 2.15. The van der Waals surface area contributed by atoms with Crippen LogP contribution in [0.5, 0.6) is 0 Å². The molecule has 3 aromatic rings. The van der Waals surface area contributed by atoms with Gasteiger partial charge in [-0.25, -0.2) is 13.1 Å². The van der Waals surface area contributed by atoms with Crippen molar-refractivity contribution in [2.45, 2.75) is 18.4 Å². The second-order valence-electron chi connectivity index (χ2n) is 6.16. The molecule has 0 aliphatic heterocycles. The molecular weight excluding hydrogens is 360 g/mol. The normalized spacial score (nSPS) is 11.1. The quantitative estimate of drug-likeness (QED) is 0.684. The fraction of sp³-hybridized carbons (Fsp3) is 0.0952. The van der Waals surface area contributed by atoms with Crippen molar-refractivity contribution in [1.29, 1.82) is 0 Å². The summed E-state index contributed by atoms with van der Waals surface area (Å²) in [6.07, 6.45) is 0. The molecule has 1 amide bonds. The molecule has 0 bridgehead atoms. The lowest BCUT2D eigenvalue weighted by molar-refractivity contribution is 0.102. The van der Waals surface area contributed by atoms with E-state index in [1.165, 1.54) is 24.3 Å². The number of rotatable bonds is 6. The van der Waals surface area contributed by atoms with Gasteiger partial charge in [0, 0.05) is 17.8 Å². The third-order valence-electron chi connectivity index (χ3n) is 4.01. The fourth-order valence-corrected chi connectivity index (χ4v) is 3.59. The first kappa shape index (κ1) is 18.8. The average Bonchev–Trinajstić information content (AvgIpc) is 2.67. The number of carbonyl (C=O) groups excluding carboxylic acids is 1. The molecule has 0 aromatic heterocycles. The minimum Gasteiger partial charge on any atom is -0.322 e. The summed E-state index contributed by atoms with van der Waals surface area (Å²) in [5.74, 6) is -0.290. The Kier molecular flexibility index (Phi) is 5.69. The second kappa shape index (κ2) is 8.16. The van der Waals surface area contributed by atoms with Crippen LogP contribution in [0.1, 0.15) is 21.5 Å². The minimum atomic E-state index is -3.65. The van der Waals surface area contributed by atoms with Gasteiger partial charge in [0.25, 0.3) is 5.91 Å². The average molecular weight is 380 g/mol. The summed E-state index contributed by atoms with van der Waals surface area (Å²) in [5.41, 5.74) is 2.99. The van der Waals surface area contributed by atoms with Crippen LogP contribution in [-0.4, -0.2) is 14.3 Å². The second-order valence-corrected chi connectivity index (χ2v) is 7.93. The van der Waals surface area contributed by atoms with Crippen molar-refractivity contribution in [3.05, 3.63) is 95.6 Å². The van der Waals surface area contributed by atoms with Crippen LogP contribution >= 0.6 is 0 Å². The molecule has 0 radical (unpaired) electrons. The van der Waals surface area contributed by atoms with E-state index in [1.54, 1.807) is 6.07 Å². The maximum Gasteiger partial charge on any atom is 0.255 e. The monoisotopic (exact) mass is 380 g/mol. The molecule has 0 saturated carbocycles. The van der Waals surface area contributed by atoms with Crippen LogP contribution in [0.15, 0.2) is 83.8 Å². The molecule has 138 valence electrons. The van der Waals surface area contributed by atoms with Crippen LogP contribution in [0.3, 0.4) is 0 Å². The molecule has 0 unspecified atom stereocenters. The molecule has 3 aromatic carbocycles.